The second-order valence-corrected chi connectivity index (χ2v) is 5.87. The molecule has 2 bridgehead atoms. The molecule has 4 heterocycles. The smallest absolute Gasteiger partial charge is 0.288 e. The van der Waals surface area contributed by atoms with Crippen molar-refractivity contribution < 1.29 is 9.72 Å². The maximum Gasteiger partial charge on any atom is 0.288 e. The first-order valence-electron chi connectivity index (χ1n) is 6.88. The second-order valence-electron chi connectivity index (χ2n) is 5.51. The molecule has 4 rings (SSSR count). The van der Waals surface area contributed by atoms with E-state index in [1.165, 1.54) is 6.07 Å². The number of pyridine rings is 1. The van der Waals surface area contributed by atoms with Crippen LogP contribution >= 0.6 is 11.6 Å². The van der Waals surface area contributed by atoms with Gasteiger partial charge >= 0.3 is 0 Å². The Hall–Kier alpha value is -1.73. The first kappa shape index (κ1) is 14.2. The number of nitro groups is 1. The van der Waals surface area contributed by atoms with Crippen LogP contribution in [0.25, 0.3) is 0 Å². The molecule has 3 saturated heterocycles. The lowest BCUT2D eigenvalue weighted by Gasteiger charge is -2.44. The number of nitrogens with zero attached hydrogens (tertiary/aromatic N) is 3. The maximum absolute atomic E-state index is 12.3. The lowest BCUT2D eigenvalue weighted by atomic mass is 9.84. The molecule has 1 atom stereocenters. The fourth-order valence-electron chi connectivity index (χ4n) is 3.07. The van der Waals surface area contributed by atoms with E-state index in [1.807, 2.05) is 0 Å². The van der Waals surface area contributed by atoms with Gasteiger partial charge < -0.3 is 10.2 Å². The molecule has 0 radical (unpaired) electrons. The van der Waals surface area contributed by atoms with Crippen LogP contribution in [0.5, 0.6) is 0 Å². The van der Waals surface area contributed by atoms with Crippen LogP contribution in [-0.4, -0.2) is 46.4 Å². The van der Waals surface area contributed by atoms with Crippen molar-refractivity contribution in [3.63, 3.8) is 0 Å². The fourth-order valence-corrected chi connectivity index (χ4v) is 3.26. The third-order valence-electron chi connectivity index (χ3n) is 4.25. The summed E-state index contributed by atoms with van der Waals surface area (Å²) in [6.07, 6.45) is 3.20. The average Bonchev–Trinajstić information content (AvgIpc) is 2.48. The number of hydrogen-bond acceptors (Lipinski definition) is 5. The summed E-state index contributed by atoms with van der Waals surface area (Å²) >= 11 is 5.89. The van der Waals surface area contributed by atoms with E-state index in [1.54, 1.807) is 0 Å². The normalized spacial score (nSPS) is 27.4. The molecular weight excluding hydrogens is 296 g/mol. The number of carbonyl (C=O) groups excluding carboxylic acids is 1. The van der Waals surface area contributed by atoms with Crippen molar-refractivity contribution in [2.24, 2.45) is 5.92 Å². The van der Waals surface area contributed by atoms with Crippen LogP contribution in [0, 0.1) is 16.0 Å². The summed E-state index contributed by atoms with van der Waals surface area (Å²) in [5.41, 5.74) is -0.180. The Morgan fingerprint density at radius 1 is 1.48 bits per heavy atom. The van der Waals surface area contributed by atoms with Crippen LogP contribution in [0.2, 0.25) is 5.15 Å². The number of amides is 1. The first-order chi connectivity index (χ1) is 10.0. The van der Waals surface area contributed by atoms with Crippen molar-refractivity contribution in [3.05, 3.63) is 33.1 Å². The Balaban J connectivity index is 1.76. The SMILES string of the molecule is O=C(NC1CN2CCC1CC2)c1cc([N+](=O)[O-])cnc1Cl. The molecule has 0 saturated carbocycles. The van der Waals surface area contributed by atoms with Gasteiger partial charge in [-0.05, 0) is 31.8 Å². The van der Waals surface area contributed by atoms with E-state index >= 15 is 0 Å². The molecule has 21 heavy (non-hydrogen) atoms. The third kappa shape index (κ3) is 2.84. The highest BCUT2D eigenvalue weighted by molar-refractivity contribution is 6.32. The number of carbonyl (C=O) groups is 1. The lowest BCUT2D eigenvalue weighted by Crippen LogP contribution is -2.57. The fraction of sp³-hybridized carbons (Fsp3) is 0.538. The Morgan fingerprint density at radius 3 is 2.76 bits per heavy atom. The molecule has 0 aromatic carbocycles. The van der Waals surface area contributed by atoms with Gasteiger partial charge in [-0.2, -0.15) is 0 Å². The van der Waals surface area contributed by atoms with Gasteiger partial charge in [0, 0.05) is 18.7 Å². The molecular formula is C13H15ClN4O3. The predicted molar refractivity (Wildman–Crippen MR) is 76.3 cm³/mol. The largest absolute Gasteiger partial charge is 0.348 e. The molecule has 3 fully saturated rings. The van der Waals surface area contributed by atoms with Gasteiger partial charge in [-0.1, -0.05) is 11.6 Å². The number of aromatic nitrogens is 1. The lowest BCUT2D eigenvalue weighted by molar-refractivity contribution is -0.385. The number of hydrogen-bond donors (Lipinski definition) is 1. The van der Waals surface area contributed by atoms with Crippen LogP contribution in [0.3, 0.4) is 0 Å². The summed E-state index contributed by atoms with van der Waals surface area (Å²) in [4.78, 5) is 28.5. The standard InChI is InChI=1S/C13H15ClN4O3/c14-12-10(5-9(6-15-12)18(20)21)13(19)16-11-7-17-3-1-8(11)2-4-17/h5-6,8,11H,1-4,7H2,(H,16,19). The first-order valence-corrected chi connectivity index (χ1v) is 7.25. The zero-order chi connectivity index (χ0) is 15.0. The van der Waals surface area contributed by atoms with E-state index < -0.39 is 10.8 Å². The predicted octanol–water partition coefficient (Wildman–Crippen LogP) is 1.47. The molecule has 7 nitrogen and oxygen atoms in total. The zero-order valence-corrected chi connectivity index (χ0v) is 12.0. The van der Waals surface area contributed by atoms with Crippen LogP contribution in [0.4, 0.5) is 5.69 Å². The number of piperidine rings is 3. The van der Waals surface area contributed by atoms with Crippen molar-refractivity contribution in [2.45, 2.75) is 18.9 Å². The summed E-state index contributed by atoms with van der Waals surface area (Å²) < 4.78 is 0. The van der Waals surface area contributed by atoms with Crippen LogP contribution in [0.15, 0.2) is 12.3 Å². The van der Waals surface area contributed by atoms with Gasteiger partial charge in [-0.25, -0.2) is 4.98 Å². The quantitative estimate of drug-likeness (QED) is 0.519. The molecule has 0 aliphatic carbocycles. The molecule has 3 aliphatic heterocycles. The Kier molecular flexibility index (Phi) is 3.77. The highest BCUT2D eigenvalue weighted by Crippen LogP contribution is 2.28. The molecule has 3 aliphatic rings. The van der Waals surface area contributed by atoms with Crippen LogP contribution < -0.4 is 5.32 Å². The van der Waals surface area contributed by atoms with Gasteiger partial charge in [0.1, 0.15) is 11.3 Å². The van der Waals surface area contributed by atoms with E-state index in [2.05, 4.69) is 15.2 Å². The average molecular weight is 311 g/mol. The minimum absolute atomic E-state index is 0.0145. The molecule has 1 amide bonds. The topological polar surface area (TPSA) is 88.4 Å². The molecule has 1 aromatic heterocycles. The molecule has 1 N–H and O–H groups in total. The maximum atomic E-state index is 12.3. The van der Waals surface area contributed by atoms with E-state index in [0.717, 1.165) is 38.7 Å². The van der Waals surface area contributed by atoms with Gasteiger partial charge in [0.25, 0.3) is 11.6 Å². The van der Waals surface area contributed by atoms with Crippen molar-refractivity contribution in [3.8, 4) is 0 Å². The van der Waals surface area contributed by atoms with Crippen LogP contribution in [-0.2, 0) is 0 Å². The van der Waals surface area contributed by atoms with Gasteiger partial charge in [0.2, 0.25) is 0 Å². The Labute approximate surface area is 126 Å². The molecule has 1 unspecified atom stereocenters. The van der Waals surface area contributed by atoms with E-state index in [-0.39, 0.29) is 22.4 Å². The van der Waals surface area contributed by atoms with Crippen LogP contribution in [0.1, 0.15) is 23.2 Å². The summed E-state index contributed by atoms with van der Waals surface area (Å²) in [7, 11) is 0. The summed E-state index contributed by atoms with van der Waals surface area (Å²) in [5, 5.41) is 13.7. The van der Waals surface area contributed by atoms with E-state index in [0.29, 0.717) is 5.92 Å². The van der Waals surface area contributed by atoms with Crippen molar-refractivity contribution in [1.82, 2.24) is 15.2 Å². The monoisotopic (exact) mass is 310 g/mol. The molecule has 112 valence electrons. The minimum Gasteiger partial charge on any atom is -0.348 e. The van der Waals surface area contributed by atoms with Gasteiger partial charge in [-0.15, -0.1) is 0 Å². The van der Waals surface area contributed by atoms with E-state index in [9.17, 15) is 14.9 Å². The number of rotatable bonds is 3. The highest BCUT2D eigenvalue weighted by Gasteiger charge is 2.35. The highest BCUT2D eigenvalue weighted by atomic mass is 35.5. The number of halogens is 1. The summed E-state index contributed by atoms with van der Waals surface area (Å²) in [6, 6.07) is 1.25. The third-order valence-corrected chi connectivity index (χ3v) is 4.55. The van der Waals surface area contributed by atoms with Crippen molar-refractivity contribution >= 4 is 23.2 Å². The minimum atomic E-state index is -0.589. The second kappa shape index (κ2) is 5.57. The van der Waals surface area contributed by atoms with Gasteiger partial charge in [0.15, 0.2) is 0 Å². The summed E-state index contributed by atoms with van der Waals surface area (Å²) in [5.74, 6) is 0.0827. The number of fused-ring (bicyclic) bond motifs is 3. The summed E-state index contributed by atoms with van der Waals surface area (Å²) in [6.45, 7) is 2.99. The van der Waals surface area contributed by atoms with Crippen molar-refractivity contribution in [2.75, 3.05) is 19.6 Å². The van der Waals surface area contributed by atoms with E-state index in [4.69, 9.17) is 11.6 Å². The van der Waals surface area contributed by atoms with Crippen molar-refractivity contribution in [1.29, 1.82) is 0 Å². The molecule has 8 heteroatoms. The number of nitrogens with one attached hydrogen (secondary N) is 1. The van der Waals surface area contributed by atoms with Gasteiger partial charge in [0.05, 0.1) is 10.5 Å². The zero-order valence-electron chi connectivity index (χ0n) is 11.3. The molecule has 0 spiro atoms. The Morgan fingerprint density at radius 2 is 2.19 bits per heavy atom. The van der Waals surface area contributed by atoms with Gasteiger partial charge in [-0.3, -0.25) is 14.9 Å². The Bertz CT molecular complexity index is 587. The molecule has 1 aromatic rings.